The zero-order valence-corrected chi connectivity index (χ0v) is 12.5. The van der Waals surface area contributed by atoms with E-state index in [0.717, 1.165) is 28.4 Å². The predicted octanol–water partition coefficient (Wildman–Crippen LogP) is 3.57. The molecule has 1 fully saturated rings. The number of hydrogen-bond acceptors (Lipinski definition) is 4. The van der Waals surface area contributed by atoms with Crippen molar-refractivity contribution in [3.63, 3.8) is 0 Å². The van der Waals surface area contributed by atoms with Crippen LogP contribution in [0.1, 0.15) is 35.7 Å². The zero-order valence-electron chi connectivity index (χ0n) is 11.7. The van der Waals surface area contributed by atoms with Crippen LogP contribution in [0.5, 0.6) is 0 Å². The van der Waals surface area contributed by atoms with E-state index in [1.165, 1.54) is 41.7 Å². The van der Waals surface area contributed by atoms with E-state index in [9.17, 15) is 0 Å². The molecule has 0 radical (unpaired) electrons. The SMILES string of the molecule is Nc1sc2c(c1-c1nc3cccnc3n1C1CC1)CCC2. The number of thiophene rings is 1. The van der Waals surface area contributed by atoms with Crippen LogP contribution in [0.3, 0.4) is 0 Å². The second-order valence-corrected chi connectivity index (χ2v) is 7.12. The number of aromatic nitrogens is 3. The maximum Gasteiger partial charge on any atom is 0.160 e. The highest BCUT2D eigenvalue weighted by molar-refractivity contribution is 7.16. The fourth-order valence-corrected chi connectivity index (χ4v) is 4.61. The van der Waals surface area contributed by atoms with Gasteiger partial charge < -0.3 is 10.3 Å². The average Bonchev–Trinajstić information content (AvgIpc) is 2.97. The van der Waals surface area contributed by atoms with Crippen molar-refractivity contribution >= 4 is 27.5 Å². The van der Waals surface area contributed by atoms with Gasteiger partial charge in [-0.15, -0.1) is 11.3 Å². The molecular weight excluding hydrogens is 280 g/mol. The summed E-state index contributed by atoms with van der Waals surface area (Å²) in [6, 6.07) is 4.56. The van der Waals surface area contributed by atoms with Crippen molar-refractivity contribution in [3.05, 3.63) is 28.8 Å². The summed E-state index contributed by atoms with van der Waals surface area (Å²) in [6.45, 7) is 0. The lowest BCUT2D eigenvalue weighted by atomic mass is 10.1. The highest BCUT2D eigenvalue weighted by Crippen LogP contribution is 2.47. The summed E-state index contributed by atoms with van der Waals surface area (Å²) in [7, 11) is 0. The molecule has 0 spiro atoms. The van der Waals surface area contributed by atoms with Crippen LogP contribution in [0.15, 0.2) is 18.3 Å². The van der Waals surface area contributed by atoms with Gasteiger partial charge in [0.1, 0.15) is 11.3 Å². The molecule has 3 heterocycles. The smallest absolute Gasteiger partial charge is 0.160 e. The molecule has 2 aliphatic carbocycles. The van der Waals surface area contributed by atoms with Crippen LogP contribution in [0, 0.1) is 0 Å². The van der Waals surface area contributed by atoms with Gasteiger partial charge in [-0.3, -0.25) is 0 Å². The average molecular weight is 296 g/mol. The molecular formula is C16H16N4S. The van der Waals surface area contributed by atoms with E-state index in [-0.39, 0.29) is 0 Å². The Labute approximate surface area is 126 Å². The fraction of sp³-hybridized carbons (Fsp3) is 0.375. The largest absolute Gasteiger partial charge is 0.390 e. The maximum atomic E-state index is 6.34. The molecule has 0 unspecified atom stereocenters. The van der Waals surface area contributed by atoms with Gasteiger partial charge in [0.05, 0.1) is 10.6 Å². The predicted molar refractivity (Wildman–Crippen MR) is 85.5 cm³/mol. The minimum absolute atomic E-state index is 0.552. The molecule has 106 valence electrons. The van der Waals surface area contributed by atoms with Gasteiger partial charge >= 0.3 is 0 Å². The highest BCUT2D eigenvalue weighted by Gasteiger charge is 2.32. The van der Waals surface area contributed by atoms with Crippen molar-refractivity contribution in [2.75, 3.05) is 5.73 Å². The van der Waals surface area contributed by atoms with Crippen molar-refractivity contribution in [1.82, 2.24) is 14.5 Å². The van der Waals surface area contributed by atoms with Gasteiger partial charge in [0, 0.05) is 17.1 Å². The van der Waals surface area contributed by atoms with Gasteiger partial charge in [0.15, 0.2) is 5.65 Å². The lowest BCUT2D eigenvalue weighted by molar-refractivity contribution is 0.766. The minimum atomic E-state index is 0.552. The number of anilines is 1. The summed E-state index contributed by atoms with van der Waals surface area (Å²) in [5.74, 6) is 1.04. The van der Waals surface area contributed by atoms with E-state index in [2.05, 4.69) is 9.55 Å². The van der Waals surface area contributed by atoms with E-state index >= 15 is 0 Å². The first-order chi connectivity index (χ1) is 10.3. The minimum Gasteiger partial charge on any atom is -0.390 e. The van der Waals surface area contributed by atoms with E-state index in [1.807, 2.05) is 18.3 Å². The Kier molecular flexibility index (Phi) is 2.28. The van der Waals surface area contributed by atoms with E-state index < -0.39 is 0 Å². The Hall–Kier alpha value is -1.88. The summed E-state index contributed by atoms with van der Waals surface area (Å²) in [4.78, 5) is 10.9. The van der Waals surface area contributed by atoms with Crippen molar-refractivity contribution < 1.29 is 0 Å². The van der Waals surface area contributed by atoms with Crippen LogP contribution in [0.4, 0.5) is 5.00 Å². The Balaban J connectivity index is 1.83. The molecule has 0 aromatic carbocycles. The highest BCUT2D eigenvalue weighted by atomic mass is 32.1. The number of fused-ring (bicyclic) bond motifs is 2. The quantitative estimate of drug-likeness (QED) is 0.786. The van der Waals surface area contributed by atoms with Crippen molar-refractivity contribution in [3.8, 4) is 11.4 Å². The second kappa shape index (κ2) is 4.07. The third kappa shape index (κ3) is 1.61. The lowest BCUT2D eigenvalue weighted by Crippen LogP contribution is -2.00. The molecule has 0 saturated heterocycles. The second-order valence-electron chi connectivity index (χ2n) is 5.98. The summed E-state index contributed by atoms with van der Waals surface area (Å²) in [5.41, 5.74) is 11.0. The topological polar surface area (TPSA) is 56.7 Å². The molecule has 4 nitrogen and oxygen atoms in total. The fourth-order valence-electron chi connectivity index (χ4n) is 3.46. The molecule has 5 heteroatoms. The van der Waals surface area contributed by atoms with Gasteiger partial charge in [-0.05, 0) is 49.8 Å². The molecule has 3 aromatic rings. The van der Waals surface area contributed by atoms with Crippen molar-refractivity contribution in [2.24, 2.45) is 0 Å². The van der Waals surface area contributed by atoms with Crippen LogP contribution in [0.25, 0.3) is 22.6 Å². The van der Waals surface area contributed by atoms with E-state index in [0.29, 0.717) is 6.04 Å². The molecule has 2 aliphatic rings. The molecule has 5 rings (SSSR count). The molecule has 0 atom stereocenters. The van der Waals surface area contributed by atoms with Crippen LogP contribution in [0.2, 0.25) is 0 Å². The molecule has 1 saturated carbocycles. The van der Waals surface area contributed by atoms with Crippen LogP contribution in [-0.4, -0.2) is 14.5 Å². The maximum absolute atomic E-state index is 6.34. The molecule has 21 heavy (non-hydrogen) atoms. The van der Waals surface area contributed by atoms with E-state index in [1.54, 1.807) is 11.3 Å². The van der Waals surface area contributed by atoms with Crippen molar-refractivity contribution in [1.29, 1.82) is 0 Å². The molecule has 0 aliphatic heterocycles. The zero-order chi connectivity index (χ0) is 14.0. The van der Waals surface area contributed by atoms with Crippen LogP contribution >= 0.6 is 11.3 Å². The van der Waals surface area contributed by atoms with Gasteiger partial charge in [-0.25, -0.2) is 9.97 Å². The van der Waals surface area contributed by atoms with E-state index in [4.69, 9.17) is 10.7 Å². The van der Waals surface area contributed by atoms with Gasteiger partial charge in [-0.1, -0.05) is 0 Å². The van der Waals surface area contributed by atoms with Crippen LogP contribution in [-0.2, 0) is 12.8 Å². The lowest BCUT2D eigenvalue weighted by Gasteiger charge is -2.08. The summed E-state index contributed by atoms with van der Waals surface area (Å²) < 4.78 is 2.33. The number of pyridine rings is 1. The summed E-state index contributed by atoms with van der Waals surface area (Å²) in [5, 5.41) is 0.928. The Morgan fingerprint density at radius 1 is 1.29 bits per heavy atom. The number of nitrogen functional groups attached to an aromatic ring is 1. The Morgan fingerprint density at radius 3 is 3.05 bits per heavy atom. The Bertz CT molecular complexity index is 857. The summed E-state index contributed by atoms with van der Waals surface area (Å²) >= 11 is 1.75. The standard InChI is InChI=1S/C16H16N4S/c17-14-13(10-3-1-5-12(10)21-14)16-19-11-4-2-8-18-15(11)20(16)9-6-7-9/h2,4,8-9H,1,3,5-7,17H2. The third-order valence-electron chi connectivity index (χ3n) is 4.53. The number of aryl methyl sites for hydroxylation is 1. The number of nitrogens with two attached hydrogens (primary N) is 1. The number of imidazole rings is 1. The van der Waals surface area contributed by atoms with Crippen molar-refractivity contribution in [2.45, 2.75) is 38.1 Å². The van der Waals surface area contributed by atoms with Gasteiger partial charge in [0.2, 0.25) is 0 Å². The summed E-state index contributed by atoms with van der Waals surface area (Å²) in [6.07, 6.45) is 7.86. The first kappa shape index (κ1) is 11.7. The number of nitrogens with zero attached hydrogens (tertiary/aromatic N) is 3. The van der Waals surface area contributed by atoms with Crippen LogP contribution < -0.4 is 5.73 Å². The molecule has 0 amide bonds. The number of hydrogen-bond donors (Lipinski definition) is 1. The van der Waals surface area contributed by atoms with Gasteiger partial charge in [0.25, 0.3) is 0 Å². The Morgan fingerprint density at radius 2 is 2.19 bits per heavy atom. The monoisotopic (exact) mass is 296 g/mol. The molecule has 2 N–H and O–H groups in total. The first-order valence-corrected chi connectivity index (χ1v) is 8.38. The molecule has 3 aromatic heterocycles. The third-order valence-corrected chi connectivity index (χ3v) is 5.65. The van der Waals surface area contributed by atoms with Gasteiger partial charge in [-0.2, -0.15) is 0 Å². The molecule has 0 bridgehead atoms. The first-order valence-electron chi connectivity index (χ1n) is 7.56. The number of rotatable bonds is 2. The normalized spacial score (nSPS) is 17.5.